The highest BCUT2D eigenvalue weighted by atomic mass is 127. The number of hydrogen-bond acceptors (Lipinski definition) is 12. The topological polar surface area (TPSA) is 215 Å². The molecule has 0 radical (unpaired) electrons. The standard InChI is InChI=1S/C18H19BrCl2N2O5S2.C17H17BrCl2N2O6S2.C9H11IO/c1-11-3-4-14(28-18-15(20)7-12(19)8-16(18)21)9-17(11)30(26,27)23-6-5-13(10-23)22-29(2,24)25;1-29(24,25)21-11-4-5-22(9-11)30(26,27)16-8-12(2-3-15(16)23)28-17-13(19)6-10(18)7-14(17)20;1-11-9-4-2-8(3-5-9)6-7-10/h3-4,7-9,13,22H,5-6,10H2,1-2H3;2-3,6-8,11,21,23H,4-5,9H2,1H3;2-5H,6-7H2,1H3/t13-;11-;/m11./s1. The second-order valence-electron chi connectivity index (χ2n) is 15.9. The lowest BCUT2D eigenvalue weighted by Gasteiger charge is -2.19. The van der Waals surface area contributed by atoms with Crippen molar-refractivity contribution in [3.05, 3.63) is 125 Å². The Morgan fingerprint density at radius 3 is 1.44 bits per heavy atom. The Labute approximate surface area is 465 Å². The molecular weight excluding hydrogens is 1330 g/mol. The molecule has 27 heteroatoms. The number of methoxy groups -OCH3 is 1. The minimum absolute atomic E-state index is 0.0513. The van der Waals surface area contributed by atoms with E-state index in [4.69, 9.17) is 60.6 Å². The molecular formula is C44H47Br2Cl4IN4O12S4. The Morgan fingerprint density at radius 2 is 1.03 bits per heavy atom. The summed E-state index contributed by atoms with van der Waals surface area (Å²) in [7, 11) is -13.2. The van der Waals surface area contributed by atoms with E-state index in [1.807, 2.05) is 12.1 Å². The zero-order valence-electron chi connectivity index (χ0n) is 38.0. The maximum absolute atomic E-state index is 13.2. The summed E-state index contributed by atoms with van der Waals surface area (Å²) in [6.45, 7) is 2.00. The molecule has 0 spiro atoms. The fraction of sp³-hybridized carbons (Fsp3) is 0.318. The van der Waals surface area contributed by atoms with Crippen molar-refractivity contribution in [2.24, 2.45) is 0 Å². The first-order chi connectivity index (χ1) is 33.1. The Balaban J connectivity index is 0.000000218. The number of halogens is 7. The van der Waals surface area contributed by atoms with Crippen LogP contribution in [-0.4, -0.2) is 110 Å². The Hall–Kier alpha value is -2.21. The highest BCUT2D eigenvalue weighted by molar-refractivity contribution is 14.1. The van der Waals surface area contributed by atoms with Crippen LogP contribution in [0.1, 0.15) is 24.0 Å². The molecule has 16 nitrogen and oxygen atoms in total. The number of sulfonamides is 4. The fourth-order valence-corrected chi connectivity index (χ4v) is 15.2. The molecule has 2 heterocycles. The van der Waals surface area contributed by atoms with Crippen molar-refractivity contribution >= 4 is 141 Å². The van der Waals surface area contributed by atoms with E-state index >= 15 is 0 Å². The molecule has 0 amide bonds. The quantitative estimate of drug-likeness (QED) is 0.0659. The summed E-state index contributed by atoms with van der Waals surface area (Å²) in [6.07, 6.45) is 3.91. The van der Waals surface area contributed by atoms with E-state index in [0.29, 0.717) is 27.4 Å². The number of ether oxygens (including phenoxy) is 3. The van der Waals surface area contributed by atoms with Crippen LogP contribution in [-0.2, 0) is 46.5 Å². The SMILES string of the molecule is COc1ccc(CCI)cc1.CS(=O)(=O)N[C@@H]1CCN(S(=O)(=O)c2cc(Oc3c(Cl)cc(Br)cc3Cl)ccc2O)C1.Cc1ccc(Oc2c(Cl)cc(Br)cc2Cl)cc1S(=O)(=O)N1CC[C@@H](NS(C)(=O)=O)C1. The average Bonchev–Trinajstić information content (AvgIpc) is 3.95. The van der Waals surface area contributed by atoms with Crippen molar-refractivity contribution in [2.75, 3.05) is 50.2 Å². The van der Waals surface area contributed by atoms with Crippen molar-refractivity contribution in [1.82, 2.24) is 18.1 Å². The molecule has 2 atom stereocenters. The average molecular weight is 1380 g/mol. The van der Waals surface area contributed by atoms with Gasteiger partial charge in [-0.05, 0) is 91.9 Å². The van der Waals surface area contributed by atoms with Crippen molar-refractivity contribution in [3.8, 4) is 34.5 Å². The number of phenolic OH excluding ortho intramolecular Hbond substituents is 1. The predicted octanol–water partition coefficient (Wildman–Crippen LogP) is 10.4. The van der Waals surface area contributed by atoms with Gasteiger partial charge in [-0.3, -0.25) is 0 Å². The van der Waals surface area contributed by atoms with Gasteiger partial charge in [-0.2, -0.15) is 8.61 Å². The smallest absolute Gasteiger partial charge is 0.246 e. The summed E-state index contributed by atoms with van der Waals surface area (Å²) in [4.78, 5) is -0.297. The Morgan fingerprint density at radius 1 is 0.634 bits per heavy atom. The van der Waals surface area contributed by atoms with Crippen LogP contribution in [0.5, 0.6) is 34.5 Å². The normalized spacial score (nSPS) is 16.7. The number of nitrogens with zero attached hydrogens (tertiary/aromatic N) is 2. The molecule has 2 aliphatic rings. The molecule has 0 saturated carbocycles. The second-order valence-corrected chi connectivity index (χ2v) is 27.8. The van der Waals surface area contributed by atoms with E-state index in [1.165, 1.54) is 32.5 Å². The Bertz CT molecular complexity index is 2950. The first-order valence-electron chi connectivity index (χ1n) is 20.8. The van der Waals surface area contributed by atoms with Gasteiger partial charge >= 0.3 is 0 Å². The van der Waals surface area contributed by atoms with Crippen molar-refractivity contribution in [3.63, 3.8) is 0 Å². The number of aryl methyl sites for hydroxylation is 2. The van der Waals surface area contributed by atoms with Crippen LogP contribution in [0.25, 0.3) is 0 Å². The van der Waals surface area contributed by atoms with Gasteiger partial charge in [0.15, 0.2) is 11.5 Å². The minimum atomic E-state index is -4.10. The zero-order valence-corrected chi connectivity index (χ0v) is 49.6. The van der Waals surface area contributed by atoms with E-state index in [1.54, 1.807) is 50.4 Å². The van der Waals surface area contributed by atoms with Gasteiger partial charge in [0.1, 0.15) is 27.9 Å². The lowest BCUT2D eigenvalue weighted by atomic mass is 10.2. The molecule has 5 aromatic carbocycles. The number of hydrogen-bond donors (Lipinski definition) is 3. The summed E-state index contributed by atoms with van der Waals surface area (Å²) >= 11 is 33.6. The van der Waals surface area contributed by atoms with Crippen LogP contribution in [0.15, 0.2) is 104 Å². The fourth-order valence-electron chi connectivity index (χ4n) is 7.05. The summed E-state index contributed by atoms with van der Waals surface area (Å²) in [6, 6.07) is 22.0. The molecule has 0 aliphatic carbocycles. The van der Waals surface area contributed by atoms with Gasteiger partial charge in [0.2, 0.25) is 40.1 Å². The number of alkyl halides is 1. The van der Waals surface area contributed by atoms with Crippen LogP contribution in [0.4, 0.5) is 0 Å². The van der Waals surface area contributed by atoms with Crippen LogP contribution in [0.3, 0.4) is 0 Å². The van der Waals surface area contributed by atoms with E-state index in [-0.39, 0.29) is 79.1 Å². The third kappa shape index (κ3) is 17.2. The number of rotatable bonds is 15. The molecule has 5 aromatic rings. The van der Waals surface area contributed by atoms with E-state index < -0.39 is 57.9 Å². The van der Waals surface area contributed by atoms with Crippen molar-refractivity contribution < 1.29 is 53.0 Å². The zero-order chi connectivity index (χ0) is 52.6. The molecule has 0 unspecified atom stereocenters. The van der Waals surface area contributed by atoms with Crippen LogP contribution in [0.2, 0.25) is 20.1 Å². The minimum Gasteiger partial charge on any atom is -0.507 e. The predicted molar refractivity (Wildman–Crippen MR) is 294 cm³/mol. The number of nitrogens with one attached hydrogen (secondary N) is 2. The van der Waals surface area contributed by atoms with E-state index in [9.17, 15) is 38.8 Å². The third-order valence-electron chi connectivity index (χ3n) is 10.3. The monoisotopic (exact) mass is 1380 g/mol. The molecule has 2 saturated heterocycles. The molecule has 2 aliphatic heterocycles. The molecule has 3 N–H and O–H groups in total. The molecule has 2 fully saturated rings. The first kappa shape index (κ1) is 59.7. The molecule has 0 bridgehead atoms. The maximum atomic E-state index is 13.2. The lowest BCUT2D eigenvalue weighted by molar-refractivity contribution is 0.414. The summed E-state index contributed by atoms with van der Waals surface area (Å²) in [5.41, 5.74) is 1.91. The summed E-state index contributed by atoms with van der Waals surface area (Å²) in [5, 5.41) is 11.1. The van der Waals surface area contributed by atoms with E-state index in [2.05, 4.69) is 76.0 Å². The summed E-state index contributed by atoms with van der Waals surface area (Å²) in [5.74, 6) is 1.18. The molecule has 388 valence electrons. The van der Waals surface area contributed by atoms with Gasteiger partial charge in [0.25, 0.3) is 0 Å². The van der Waals surface area contributed by atoms with Crippen LogP contribution < -0.4 is 23.7 Å². The third-order valence-corrected chi connectivity index (χ3v) is 18.3. The second kappa shape index (κ2) is 25.6. The largest absolute Gasteiger partial charge is 0.507 e. The lowest BCUT2D eigenvalue weighted by Crippen LogP contribution is -2.38. The van der Waals surface area contributed by atoms with Crippen LogP contribution in [0, 0.1) is 6.92 Å². The molecule has 71 heavy (non-hydrogen) atoms. The van der Waals surface area contributed by atoms with Gasteiger partial charge < -0.3 is 19.3 Å². The number of benzene rings is 5. The number of aromatic hydroxyl groups is 1. The summed E-state index contributed by atoms with van der Waals surface area (Å²) < 4.78 is 124. The van der Waals surface area contributed by atoms with Gasteiger partial charge in [-0.25, -0.2) is 43.1 Å². The van der Waals surface area contributed by atoms with Crippen molar-refractivity contribution in [1.29, 1.82) is 0 Å². The molecule has 7 rings (SSSR count). The van der Waals surface area contributed by atoms with E-state index in [0.717, 1.165) is 35.1 Å². The van der Waals surface area contributed by atoms with Gasteiger partial charge in [0, 0.05) is 63.8 Å². The van der Waals surface area contributed by atoms with Crippen molar-refractivity contribution in [2.45, 2.75) is 48.1 Å². The molecule has 0 aromatic heterocycles. The van der Waals surface area contributed by atoms with Gasteiger partial charge in [-0.1, -0.05) is 119 Å². The number of phenols is 1. The highest BCUT2D eigenvalue weighted by Gasteiger charge is 2.36. The first-order valence-corrected chi connectivity index (χ1v) is 32.1. The Kier molecular flexibility index (Phi) is 21.5. The highest BCUT2D eigenvalue weighted by Crippen LogP contribution is 2.42. The van der Waals surface area contributed by atoms with Gasteiger partial charge in [0.05, 0.1) is 44.6 Å². The van der Waals surface area contributed by atoms with Crippen LogP contribution >= 0.6 is 101 Å². The van der Waals surface area contributed by atoms with Gasteiger partial charge in [-0.15, -0.1) is 0 Å². The maximum Gasteiger partial charge on any atom is 0.246 e.